The maximum Gasteiger partial charge on any atom is 0.242 e. The molecule has 0 bridgehead atoms. The fourth-order valence-electron chi connectivity index (χ4n) is 2.20. The Morgan fingerprint density at radius 1 is 1.17 bits per heavy atom. The summed E-state index contributed by atoms with van der Waals surface area (Å²) >= 11 is 0. The van der Waals surface area contributed by atoms with E-state index in [2.05, 4.69) is 5.32 Å². The summed E-state index contributed by atoms with van der Waals surface area (Å²) in [5, 5.41) is 2.86. The zero-order chi connectivity index (χ0) is 17.4. The first-order chi connectivity index (χ1) is 10.9. The highest BCUT2D eigenvalue weighted by Crippen LogP contribution is 2.16. The van der Waals surface area contributed by atoms with Crippen molar-refractivity contribution < 1.29 is 14.3 Å². The van der Waals surface area contributed by atoms with Gasteiger partial charge >= 0.3 is 0 Å². The minimum Gasteiger partial charge on any atom is -0.497 e. The lowest BCUT2D eigenvalue weighted by Gasteiger charge is -2.30. The van der Waals surface area contributed by atoms with E-state index in [0.717, 1.165) is 17.7 Å². The van der Waals surface area contributed by atoms with Gasteiger partial charge < -0.3 is 15.0 Å². The minimum atomic E-state index is -0.501. The molecule has 0 saturated carbocycles. The van der Waals surface area contributed by atoms with Crippen LogP contribution in [0.2, 0.25) is 0 Å². The predicted molar refractivity (Wildman–Crippen MR) is 91.1 cm³/mol. The summed E-state index contributed by atoms with van der Waals surface area (Å²) < 4.78 is 5.15. The second kappa shape index (κ2) is 9.18. The molecule has 128 valence electrons. The van der Waals surface area contributed by atoms with Gasteiger partial charge in [-0.05, 0) is 31.0 Å². The van der Waals surface area contributed by atoms with Gasteiger partial charge in [-0.15, -0.1) is 0 Å². The molecule has 0 unspecified atom stereocenters. The van der Waals surface area contributed by atoms with Crippen molar-refractivity contribution in [2.24, 2.45) is 5.92 Å². The SMILES string of the molecule is CCCNC(=O)[C@@H](C)N(Cc1ccc(OC)cc1)C(=O)C(C)C. The van der Waals surface area contributed by atoms with Gasteiger partial charge in [-0.2, -0.15) is 0 Å². The molecule has 0 aliphatic carbocycles. The van der Waals surface area contributed by atoms with Crippen molar-refractivity contribution in [3.05, 3.63) is 29.8 Å². The smallest absolute Gasteiger partial charge is 0.242 e. The molecule has 0 heterocycles. The van der Waals surface area contributed by atoms with Crippen molar-refractivity contribution in [2.45, 2.75) is 46.7 Å². The van der Waals surface area contributed by atoms with Crippen molar-refractivity contribution in [3.63, 3.8) is 0 Å². The lowest BCUT2D eigenvalue weighted by atomic mass is 10.1. The molecular weight excluding hydrogens is 292 g/mol. The van der Waals surface area contributed by atoms with Gasteiger partial charge in [0, 0.05) is 19.0 Å². The summed E-state index contributed by atoms with van der Waals surface area (Å²) in [6, 6.07) is 7.04. The number of amides is 2. The van der Waals surface area contributed by atoms with Crippen LogP contribution in [0, 0.1) is 5.92 Å². The van der Waals surface area contributed by atoms with Gasteiger partial charge in [0.25, 0.3) is 0 Å². The van der Waals surface area contributed by atoms with E-state index in [1.165, 1.54) is 0 Å². The Bertz CT molecular complexity index is 512. The van der Waals surface area contributed by atoms with E-state index in [1.807, 2.05) is 45.0 Å². The summed E-state index contributed by atoms with van der Waals surface area (Å²) in [4.78, 5) is 26.4. The Kier molecular flexibility index (Phi) is 7.59. The van der Waals surface area contributed by atoms with Gasteiger partial charge in [0.05, 0.1) is 7.11 Å². The normalized spacial score (nSPS) is 11.9. The Balaban J connectivity index is 2.90. The van der Waals surface area contributed by atoms with Crippen LogP contribution < -0.4 is 10.1 Å². The van der Waals surface area contributed by atoms with Gasteiger partial charge in [-0.25, -0.2) is 0 Å². The van der Waals surface area contributed by atoms with E-state index in [9.17, 15) is 9.59 Å². The molecule has 2 amide bonds. The first-order valence-corrected chi connectivity index (χ1v) is 8.11. The number of rotatable bonds is 8. The van der Waals surface area contributed by atoms with Gasteiger partial charge in [0.2, 0.25) is 11.8 Å². The molecule has 0 fully saturated rings. The van der Waals surface area contributed by atoms with E-state index >= 15 is 0 Å². The molecule has 23 heavy (non-hydrogen) atoms. The topological polar surface area (TPSA) is 58.6 Å². The summed E-state index contributed by atoms with van der Waals surface area (Å²) in [5.74, 6) is 0.466. The maximum atomic E-state index is 12.5. The third-order valence-electron chi connectivity index (χ3n) is 3.69. The highest BCUT2D eigenvalue weighted by atomic mass is 16.5. The largest absolute Gasteiger partial charge is 0.497 e. The Labute approximate surface area is 139 Å². The second-order valence-electron chi connectivity index (χ2n) is 5.94. The molecule has 0 aliphatic rings. The van der Waals surface area contributed by atoms with Crippen LogP contribution in [0.1, 0.15) is 39.7 Å². The zero-order valence-electron chi connectivity index (χ0n) is 14.8. The maximum absolute atomic E-state index is 12.5. The molecule has 0 aromatic heterocycles. The molecule has 5 nitrogen and oxygen atoms in total. The molecular formula is C18H28N2O3. The summed E-state index contributed by atoms with van der Waals surface area (Å²) in [7, 11) is 1.61. The molecule has 5 heteroatoms. The quantitative estimate of drug-likeness (QED) is 0.801. The molecule has 0 spiro atoms. The first-order valence-electron chi connectivity index (χ1n) is 8.11. The highest BCUT2D eigenvalue weighted by molar-refractivity contribution is 5.88. The Hall–Kier alpha value is -2.04. The number of ether oxygens (including phenoxy) is 1. The Morgan fingerprint density at radius 2 is 1.78 bits per heavy atom. The number of carbonyl (C=O) groups excluding carboxylic acids is 2. The average Bonchev–Trinajstić information content (AvgIpc) is 2.56. The number of nitrogens with zero attached hydrogens (tertiary/aromatic N) is 1. The monoisotopic (exact) mass is 320 g/mol. The summed E-state index contributed by atoms with van der Waals surface area (Å²) in [6.07, 6.45) is 0.870. The number of benzene rings is 1. The van der Waals surface area contributed by atoms with Crippen LogP contribution in [-0.2, 0) is 16.1 Å². The molecule has 0 saturated heterocycles. The molecule has 0 aliphatic heterocycles. The second-order valence-corrected chi connectivity index (χ2v) is 5.94. The Morgan fingerprint density at radius 3 is 2.26 bits per heavy atom. The third-order valence-corrected chi connectivity index (χ3v) is 3.69. The average molecular weight is 320 g/mol. The fraction of sp³-hybridized carbons (Fsp3) is 0.556. The molecule has 0 radical (unpaired) electrons. The highest BCUT2D eigenvalue weighted by Gasteiger charge is 2.27. The van der Waals surface area contributed by atoms with E-state index in [0.29, 0.717) is 13.1 Å². The zero-order valence-corrected chi connectivity index (χ0v) is 14.8. The molecule has 1 rings (SSSR count). The van der Waals surface area contributed by atoms with Crippen LogP contribution >= 0.6 is 0 Å². The number of methoxy groups -OCH3 is 1. The van der Waals surface area contributed by atoms with Gasteiger partial charge in [0.1, 0.15) is 11.8 Å². The van der Waals surface area contributed by atoms with Crippen LogP contribution in [0.25, 0.3) is 0 Å². The van der Waals surface area contributed by atoms with E-state index in [4.69, 9.17) is 4.74 Å². The predicted octanol–water partition coefficient (Wildman–Crippen LogP) is 2.59. The van der Waals surface area contributed by atoms with Crippen LogP contribution in [0.3, 0.4) is 0 Å². The van der Waals surface area contributed by atoms with E-state index in [1.54, 1.807) is 18.9 Å². The summed E-state index contributed by atoms with van der Waals surface area (Å²) in [5.41, 5.74) is 0.968. The molecule has 1 aromatic carbocycles. The lowest BCUT2D eigenvalue weighted by molar-refractivity contribution is -0.143. The van der Waals surface area contributed by atoms with Crippen LogP contribution in [0.5, 0.6) is 5.75 Å². The van der Waals surface area contributed by atoms with Crippen molar-refractivity contribution in [2.75, 3.05) is 13.7 Å². The number of hydrogen-bond donors (Lipinski definition) is 1. The van der Waals surface area contributed by atoms with E-state index in [-0.39, 0.29) is 17.7 Å². The minimum absolute atomic E-state index is 0.0278. The first kappa shape index (κ1) is 19.0. The van der Waals surface area contributed by atoms with Crippen molar-refractivity contribution in [1.82, 2.24) is 10.2 Å². The van der Waals surface area contributed by atoms with E-state index < -0.39 is 6.04 Å². The number of nitrogens with one attached hydrogen (secondary N) is 1. The molecule has 1 N–H and O–H groups in total. The number of carbonyl (C=O) groups is 2. The van der Waals surface area contributed by atoms with Crippen LogP contribution in [0.4, 0.5) is 0 Å². The van der Waals surface area contributed by atoms with Gasteiger partial charge in [0.15, 0.2) is 0 Å². The molecule has 1 aromatic rings. The van der Waals surface area contributed by atoms with Crippen molar-refractivity contribution in [1.29, 1.82) is 0 Å². The van der Waals surface area contributed by atoms with Crippen LogP contribution in [0.15, 0.2) is 24.3 Å². The molecule has 1 atom stereocenters. The van der Waals surface area contributed by atoms with Gasteiger partial charge in [-0.1, -0.05) is 32.9 Å². The van der Waals surface area contributed by atoms with Crippen LogP contribution in [-0.4, -0.2) is 36.4 Å². The summed E-state index contributed by atoms with van der Waals surface area (Å²) in [6.45, 7) is 8.49. The fourth-order valence-corrected chi connectivity index (χ4v) is 2.20. The van der Waals surface area contributed by atoms with Crippen molar-refractivity contribution >= 4 is 11.8 Å². The van der Waals surface area contributed by atoms with Crippen molar-refractivity contribution in [3.8, 4) is 5.75 Å². The standard InChI is InChI=1S/C18H28N2O3/c1-6-11-19-17(21)14(4)20(18(22)13(2)3)12-15-7-9-16(23-5)10-8-15/h7-10,13-14H,6,11-12H2,1-5H3,(H,19,21)/t14-/m1/s1. The van der Waals surface area contributed by atoms with Gasteiger partial charge in [-0.3, -0.25) is 9.59 Å². The lowest BCUT2D eigenvalue weighted by Crippen LogP contribution is -2.49. The third kappa shape index (κ3) is 5.58. The number of hydrogen-bond acceptors (Lipinski definition) is 3.